The Morgan fingerprint density at radius 3 is 0.806 bits per heavy atom. The zero-order chi connectivity index (χ0) is 26.8. The highest BCUT2D eigenvalue weighted by Crippen LogP contribution is 2.16. The second-order valence-electron chi connectivity index (χ2n) is 10.9. The van der Waals surface area contributed by atoms with Crippen molar-refractivity contribution in [2.45, 2.75) is 187 Å². The lowest BCUT2D eigenvalue weighted by Crippen LogP contribution is -2.06. The first-order valence-electron chi connectivity index (χ1n) is 16.1. The van der Waals surface area contributed by atoms with Crippen LogP contribution in [0.25, 0.3) is 0 Å². The highest BCUT2D eigenvalue weighted by atomic mass is 16.9. The molecule has 0 rings (SSSR count). The molecule has 0 saturated heterocycles. The van der Waals surface area contributed by atoms with Gasteiger partial charge in [-0.2, -0.15) is 0 Å². The van der Waals surface area contributed by atoms with Crippen LogP contribution in [0, 0.1) is 10.1 Å². The van der Waals surface area contributed by atoms with E-state index >= 15 is 0 Å². The quantitative estimate of drug-likeness (QED) is 0.0591. The van der Waals surface area contributed by atoms with Crippen molar-refractivity contribution in [1.29, 1.82) is 0 Å². The molecule has 0 aromatic rings. The largest absolute Gasteiger partial charge is 0.328 e. The van der Waals surface area contributed by atoms with Gasteiger partial charge in [-0.15, -0.1) is 10.1 Å². The molecule has 0 saturated carbocycles. The fourth-order valence-electron chi connectivity index (χ4n) is 4.97. The van der Waals surface area contributed by atoms with Gasteiger partial charge in [0, 0.05) is 0 Å². The summed E-state index contributed by atoms with van der Waals surface area (Å²) < 4.78 is 0. The van der Waals surface area contributed by atoms with Crippen LogP contribution in [-0.2, 0) is 0 Å². The first-order chi connectivity index (χ1) is 17.6. The van der Waals surface area contributed by atoms with Gasteiger partial charge < -0.3 is 10.5 Å². The van der Waals surface area contributed by atoms with E-state index in [9.17, 15) is 0 Å². The molecule has 0 fully saturated rings. The highest BCUT2D eigenvalue weighted by Gasteiger charge is 1.96. The molecule has 0 radical (unpaired) electrons. The molecule has 0 aliphatic rings. The summed E-state index contributed by atoms with van der Waals surface area (Å²) in [5.41, 5.74) is 0. The van der Waals surface area contributed by atoms with Crippen LogP contribution < -0.4 is 5.32 Å². The second-order valence-corrected chi connectivity index (χ2v) is 10.9. The first-order valence-corrected chi connectivity index (χ1v) is 16.1. The molecule has 36 heavy (non-hydrogen) atoms. The Morgan fingerprint density at radius 2 is 0.639 bits per heavy atom. The van der Waals surface area contributed by atoms with Crippen molar-refractivity contribution in [3.8, 4) is 0 Å². The van der Waals surface area contributed by atoms with Gasteiger partial charge in [-0.25, -0.2) is 0 Å². The molecule has 0 amide bonds. The summed E-state index contributed by atoms with van der Waals surface area (Å²) in [5, 5.41) is 16.9. The number of rotatable bonds is 29. The topological polar surface area (TPSA) is 75.4 Å². The zero-order valence-corrected chi connectivity index (χ0v) is 24.7. The number of unbranched alkanes of at least 4 members (excludes halogenated alkanes) is 27. The maximum Gasteiger partial charge on any atom is 0.291 e. The van der Waals surface area contributed by atoms with E-state index < -0.39 is 5.09 Å². The van der Waals surface area contributed by atoms with E-state index in [4.69, 9.17) is 15.3 Å². The molecule has 2 N–H and O–H groups in total. The molecular weight excluding hydrogens is 448 g/mol. The summed E-state index contributed by atoms with van der Waals surface area (Å²) in [6, 6.07) is 0. The third kappa shape index (κ3) is 43.2. The molecule has 0 heterocycles. The minimum atomic E-state index is -1.50. The smallest absolute Gasteiger partial charge is 0.291 e. The lowest BCUT2D eigenvalue weighted by molar-refractivity contribution is -0.742. The van der Waals surface area contributed by atoms with Crippen molar-refractivity contribution in [3.63, 3.8) is 0 Å². The van der Waals surface area contributed by atoms with Crippen molar-refractivity contribution in [2.75, 3.05) is 13.6 Å². The van der Waals surface area contributed by atoms with Crippen molar-refractivity contribution in [3.05, 3.63) is 10.1 Å². The van der Waals surface area contributed by atoms with E-state index in [1.165, 1.54) is 186 Å². The van der Waals surface area contributed by atoms with Crippen LogP contribution in [-0.4, -0.2) is 23.9 Å². The predicted octanol–water partition coefficient (Wildman–Crippen LogP) is 10.8. The van der Waals surface area contributed by atoms with Crippen molar-refractivity contribution in [1.82, 2.24) is 5.32 Å². The molecule has 218 valence electrons. The van der Waals surface area contributed by atoms with Crippen LogP contribution in [0.2, 0.25) is 0 Å². The van der Waals surface area contributed by atoms with E-state index in [0.29, 0.717) is 0 Å². The molecule has 5 heteroatoms. The summed E-state index contributed by atoms with van der Waals surface area (Å²) in [6.07, 6.45) is 41.2. The van der Waals surface area contributed by atoms with Gasteiger partial charge in [-0.1, -0.05) is 180 Å². The minimum Gasteiger partial charge on any atom is -0.328 e. The molecule has 0 atom stereocenters. The Balaban J connectivity index is 0. The summed E-state index contributed by atoms with van der Waals surface area (Å²) >= 11 is 0. The average molecular weight is 515 g/mol. The Bertz CT molecular complexity index is 360. The van der Waals surface area contributed by atoms with Gasteiger partial charge in [0.05, 0.1) is 0 Å². The van der Waals surface area contributed by atoms with Gasteiger partial charge in [-0.3, -0.25) is 0 Å². The van der Waals surface area contributed by atoms with Gasteiger partial charge in [0.2, 0.25) is 0 Å². The molecule has 0 spiro atoms. The SMILES string of the molecule is CCCCCCCCCCCCCCCCCCCCCCCCCCCCCCNC.O=[N+]([O-])O. The average Bonchev–Trinajstić information content (AvgIpc) is 2.85. The second kappa shape index (κ2) is 36.3. The van der Waals surface area contributed by atoms with Crippen LogP contribution in [0.4, 0.5) is 0 Å². The molecule has 0 unspecified atom stereocenters. The van der Waals surface area contributed by atoms with Crippen LogP contribution >= 0.6 is 0 Å². The van der Waals surface area contributed by atoms with Gasteiger partial charge >= 0.3 is 0 Å². The molecule has 0 aliphatic heterocycles. The van der Waals surface area contributed by atoms with Crippen LogP contribution in [0.1, 0.15) is 187 Å². The van der Waals surface area contributed by atoms with Crippen LogP contribution in [0.5, 0.6) is 0 Å². The maximum atomic E-state index is 8.36. The number of hydrogen-bond donors (Lipinski definition) is 2. The normalized spacial score (nSPS) is 10.8. The van der Waals surface area contributed by atoms with Crippen LogP contribution in [0.3, 0.4) is 0 Å². The van der Waals surface area contributed by atoms with E-state index in [1.54, 1.807) is 0 Å². The fourth-order valence-corrected chi connectivity index (χ4v) is 4.97. The van der Waals surface area contributed by atoms with Gasteiger partial charge in [0.15, 0.2) is 0 Å². The highest BCUT2D eigenvalue weighted by molar-refractivity contribution is 4.52. The van der Waals surface area contributed by atoms with E-state index in [-0.39, 0.29) is 0 Å². The van der Waals surface area contributed by atoms with Crippen molar-refractivity contribution < 1.29 is 10.3 Å². The molecule has 0 aromatic heterocycles. The maximum absolute atomic E-state index is 8.36. The molecule has 0 aromatic carbocycles. The Kier molecular flexibility index (Phi) is 37.6. The minimum absolute atomic E-state index is 1.19. The molecule has 0 bridgehead atoms. The lowest BCUT2D eigenvalue weighted by Gasteiger charge is -2.04. The van der Waals surface area contributed by atoms with Gasteiger partial charge in [-0.05, 0) is 20.0 Å². The number of nitrogens with one attached hydrogen (secondary N) is 1. The number of hydrogen-bond acceptors (Lipinski definition) is 3. The van der Waals surface area contributed by atoms with E-state index in [2.05, 4.69) is 19.3 Å². The third-order valence-corrected chi connectivity index (χ3v) is 7.28. The zero-order valence-electron chi connectivity index (χ0n) is 24.7. The van der Waals surface area contributed by atoms with Gasteiger partial charge in [0.1, 0.15) is 0 Å². The van der Waals surface area contributed by atoms with E-state index in [1.807, 2.05) is 0 Å². The summed E-state index contributed by atoms with van der Waals surface area (Å²) in [4.78, 5) is 8.36. The lowest BCUT2D eigenvalue weighted by atomic mass is 10.0. The fraction of sp³-hybridized carbons (Fsp3) is 1.00. The number of nitrogens with zero attached hydrogens (tertiary/aromatic N) is 1. The summed E-state index contributed by atoms with van der Waals surface area (Å²) in [7, 11) is 2.06. The Hall–Kier alpha value is -0.840. The van der Waals surface area contributed by atoms with Crippen LogP contribution in [0.15, 0.2) is 0 Å². The molecular formula is C31H66N2O3. The summed E-state index contributed by atoms with van der Waals surface area (Å²) in [5.74, 6) is 0. The van der Waals surface area contributed by atoms with E-state index in [0.717, 1.165) is 0 Å². The predicted molar refractivity (Wildman–Crippen MR) is 158 cm³/mol. The Morgan fingerprint density at radius 1 is 0.472 bits per heavy atom. The molecule has 5 nitrogen and oxygen atoms in total. The third-order valence-electron chi connectivity index (χ3n) is 7.28. The van der Waals surface area contributed by atoms with Gasteiger partial charge in [0.25, 0.3) is 5.09 Å². The van der Waals surface area contributed by atoms with Crippen molar-refractivity contribution >= 4 is 0 Å². The molecule has 0 aliphatic carbocycles. The standard InChI is InChI=1S/C31H65N.HNO3/c1-3-4-5-6-7-8-9-10-11-12-13-14-15-16-17-18-19-20-21-22-23-24-25-26-27-28-29-30-31-32-2;2-1(3)4/h32H,3-31H2,1-2H3;(H,2,3,4). The Labute approximate surface area is 226 Å². The van der Waals surface area contributed by atoms with Crippen molar-refractivity contribution in [2.24, 2.45) is 0 Å². The summed E-state index contributed by atoms with van der Waals surface area (Å²) in [6.45, 7) is 3.50. The first kappa shape index (κ1) is 37.3. The monoisotopic (exact) mass is 515 g/mol.